The van der Waals surface area contributed by atoms with E-state index in [0.717, 1.165) is 5.56 Å². The molecule has 1 aliphatic heterocycles. The Balaban J connectivity index is 2.07. The Kier molecular flexibility index (Phi) is 4.90. The molecule has 0 radical (unpaired) electrons. The number of halogens is 1. The molecule has 1 heterocycles. The highest BCUT2D eigenvalue weighted by Gasteiger charge is 2.31. The van der Waals surface area contributed by atoms with E-state index < -0.39 is 22.1 Å². The fourth-order valence-corrected chi connectivity index (χ4v) is 4.25. The lowest BCUT2D eigenvalue weighted by Crippen LogP contribution is -2.43. The predicted octanol–water partition coefficient (Wildman–Crippen LogP) is 2.21. The second-order valence-corrected chi connectivity index (χ2v) is 7.63. The zero-order chi connectivity index (χ0) is 15.6. The van der Waals surface area contributed by atoms with Gasteiger partial charge in [-0.3, -0.25) is 9.52 Å². The van der Waals surface area contributed by atoms with E-state index in [9.17, 15) is 13.2 Å². The van der Waals surface area contributed by atoms with Crippen LogP contribution in [-0.4, -0.2) is 36.9 Å². The first-order valence-corrected chi connectivity index (χ1v) is 8.80. The summed E-state index contributed by atoms with van der Waals surface area (Å²) >= 11 is 3.33. The van der Waals surface area contributed by atoms with Gasteiger partial charge in [0.15, 0.2) is 0 Å². The van der Waals surface area contributed by atoms with Crippen LogP contribution in [0.4, 0.5) is 5.69 Å². The van der Waals surface area contributed by atoms with Crippen LogP contribution in [0.25, 0.3) is 0 Å². The minimum atomic E-state index is -3.66. The fourth-order valence-electron chi connectivity index (χ4n) is 2.25. The van der Waals surface area contributed by atoms with E-state index in [0.29, 0.717) is 23.0 Å². The number of anilines is 1. The number of carbonyl (C=O) groups is 1. The summed E-state index contributed by atoms with van der Waals surface area (Å²) in [6.45, 7) is 2.35. The third-order valence-electron chi connectivity index (χ3n) is 3.51. The van der Waals surface area contributed by atoms with E-state index in [-0.39, 0.29) is 13.1 Å². The molecule has 0 saturated carbocycles. The second-order valence-electron chi connectivity index (χ2n) is 5.10. The zero-order valence-electron chi connectivity index (χ0n) is 11.5. The summed E-state index contributed by atoms with van der Waals surface area (Å²) in [7, 11) is -3.66. The number of rotatable bonds is 4. The van der Waals surface area contributed by atoms with Crippen molar-refractivity contribution in [1.82, 2.24) is 4.31 Å². The van der Waals surface area contributed by atoms with Crippen molar-refractivity contribution in [3.63, 3.8) is 0 Å². The molecule has 0 amide bonds. The Morgan fingerprint density at radius 3 is 2.52 bits per heavy atom. The lowest BCUT2D eigenvalue weighted by molar-refractivity contribution is -0.142. The molecule has 0 bridgehead atoms. The minimum Gasteiger partial charge on any atom is -0.481 e. The Hall–Kier alpha value is -1.12. The number of nitrogens with zero attached hydrogens (tertiary/aromatic N) is 1. The van der Waals surface area contributed by atoms with Crippen molar-refractivity contribution in [2.24, 2.45) is 5.92 Å². The lowest BCUT2D eigenvalue weighted by Gasteiger charge is -2.29. The number of nitrogens with one attached hydrogen (secondary N) is 1. The summed E-state index contributed by atoms with van der Waals surface area (Å²) in [5.74, 6) is -1.32. The van der Waals surface area contributed by atoms with Crippen molar-refractivity contribution < 1.29 is 18.3 Å². The van der Waals surface area contributed by atoms with Gasteiger partial charge >= 0.3 is 16.2 Å². The highest BCUT2D eigenvalue weighted by atomic mass is 79.9. The van der Waals surface area contributed by atoms with Gasteiger partial charge in [-0.05, 0) is 53.4 Å². The van der Waals surface area contributed by atoms with E-state index in [1.54, 1.807) is 6.07 Å². The SMILES string of the molecule is Cc1ccc(NS(=O)(=O)N2CCC(C(=O)O)CC2)c(Br)c1. The molecule has 1 aromatic carbocycles. The first kappa shape index (κ1) is 16.3. The molecule has 8 heteroatoms. The van der Waals surface area contributed by atoms with Crippen molar-refractivity contribution >= 4 is 37.8 Å². The van der Waals surface area contributed by atoms with E-state index >= 15 is 0 Å². The highest BCUT2D eigenvalue weighted by molar-refractivity contribution is 9.10. The number of aryl methyl sites for hydroxylation is 1. The summed E-state index contributed by atoms with van der Waals surface area (Å²) in [6, 6.07) is 5.34. The van der Waals surface area contributed by atoms with Gasteiger partial charge in [0.05, 0.1) is 11.6 Å². The molecule has 1 saturated heterocycles. The normalized spacial score (nSPS) is 17.6. The number of carboxylic acids is 1. The summed E-state index contributed by atoms with van der Waals surface area (Å²) < 4.78 is 29.1. The quantitative estimate of drug-likeness (QED) is 0.843. The molecule has 0 spiro atoms. The third-order valence-corrected chi connectivity index (χ3v) is 5.69. The van der Waals surface area contributed by atoms with Gasteiger partial charge in [-0.25, -0.2) is 0 Å². The van der Waals surface area contributed by atoms with Gasteiger partial charge < -0.3 is 5.11 Å². The van der Waals surface area contributed by atoms with Crippen molar-refractivity contribution in [2.75, 3.05) is 17.8 Å². The van der Waals surface area contributed by atoms with Crippen LogP contribution in [0, 0.1) is 12.8 Å². The van der Waals surface area contributed by atoms with Gasteiger partial charge in [-0.1, -0.05) is 6.07 Å². The Morgan fingerprint density at radius 2 is 2.00 bits per heavy atom. The van der Waals surface area contributed by atoms with Crippen molar-refractivity contribution in [1.29, 1.82) is 0 Å². The van der Waals surface area contributed by atoms with Gasteiger partial charge in [0, 0.05) is 17.6 Å². The molecule has 1 aromatic rings. The molecule has 0 atom stereocenters. The molecule has 1 aliphatic rings. The Morgan fingerprint density at radius 1 is 1.38 bits per heavy atom. The molecule has 2 rings (SSSR count). The number of benzene rings is 1. The van der Waals surface area contributed by atoms with Crippen LogP contribution >= 0.6 is 15.9 Å². The number of hydrogen-bond donors (Lipinski definition) is 2. The zero-order valence-corrected chi connectivity index (χ0v) is 13.9. The molecule has 21 heavy (non-hydrogen) atoms. The van der Waals surface area contributed by atoms with Crippen LogP contribution in [0.2, 0.25) is 0 Å². The summed E-state index contributed by atoms with van der Waals surface area (Å²) in [4.78, 5) is 10.9. The van der Waals surface area contributed by atoms with Crippen LogP contribution < -0.4 is 4.72 Å². The van der Waals surface area contributed by atoms with Gasteiger partial charge in [0.2, 0.25) is 0 Å². The van der Waals surface area contributed by atoms with Crippen LogP contribution in [-0.2, 0) is 15.0 Å². The van der Waals surface area contributed by atoms with Crippen LogP contribution in [0.5, 0.6) is 0 Å². The number of piperidine rings is 1. The second kappa shape index (κ2) is 6.33. The molecule has 6 nitrogen and oxygen atoms in total. The van der Waals surface area contributed by atoms with E-state index in [4.69, 9.17) is 5.11 Å². The third kappa shape index (κ3) is 3.96. The smallest absolute Gasteiger partial charge is 0.306 e. The van der Waals surface area contributed by atoms with Gasteiger partial charge in [-0.2, -0.15) is 12.7 Å². The minimum absolute atomic E-state index is 0.218. The Labute approximate surface area is 132 Å². The number of hydrogen-bond acceptors (Lipinski definition) is 3. The average molecular weight is 377 g/mol. The molecule has 116 valence electrons. The van der Waals surface area contributed by atoms with Crippen molar-refractivity contribution in [3.8, 4) is 0 Å². The van der Waals surface area contributed by atoms with Crippen molar-refractivity contribution in [3.05, 3.63) is 28.2 Å². The first-order chi connectivity index (χ1) is 9.79. The number of aliphatic carboxylic acids is 1. The molecule has 2 N–H and O–H groups in total. The van der Waals surface area contributed by atoms with Crippen LogP contribution in [0.3, 0.4) is 0 Å². The molecule has 0 unspecified atom stereocenters. The first-order valence-electron chi connectivity index (χ1n) is 6.56. The van der Waals surface area contributed by atoms with Gasteiger partial charge in [0.1, 0.15) is 0 Å². The standard InChI is InChI=1S/C13H17BrN2O4S/c1-9-2-3-12(11(14)8-9)15-21(19,20)16-6-4-10(5-7-16)13(17)18/h2-3,8,10,15H,4-7H2,1H3,(H,17,18). The number of carboxylic acid groups (broad SMARTS) is 1. The lowest BCUT2D eigenvalue weighted by atomic mass is 9.99. The molecular weight excluding hydrogens is 360 g/mol. The Bertz CT molecular complexity index is 640. The summed E-state index contributed by atoms with van der Waals surface area (Å²) in [5, 5.41) is 8.94. The maximum atomic E-state index is 12.3. The predicted molar refractivity (Wildman–Crippen MR) is 83.4 cm³/mol. The monoisotopic (exact) mass is 376 g/mol. The van der Waals surface area contributed by atoms with E-state index in [1.165, 1.54) is 4.31 Å². The largest absolute Gasteiger partial charge is 0.481 e. The average Bonchev–Trinajstić information content (AvgIpc) is 2.42. The van der Waals surface area contributed by atoms with Gasteiger partial charge in [-0.15, -0.1) is 0 Å². The summed E-state index contributed by atoms with van der Waals surface area (Å²) in [5.41, 5.74) is 1.49. The molecule has 0 aliphatic carbocycles. The van der Waals surface area contributed by atoms with E-state index in [1.807, 2.05) is 19.1 Å². The maximum Gasteiger partial charge on any atom is 0.306 e. The molecule has 1 fully saturated rings. The summed E-state index contributed by atoms with van der Waals surface area (Å²) in [6.07, 6.45) is 0.677. The molecular formula is C13H17BrN2O4S. The highest BCUT2D eigenvalue weighted by Crippen LogP contribution is 2.26. The van der Waals surface area contributed by atoms with Crippen LogP contribution in [0.15, 0.2) is 22.7 Å². The fraction of sp³-hybridized carbons (Fsp3) is 0.462. The molecule has 0 aromatic heterocycles. The topological polar surface area (TPSA) is 86.7 Å². The van der Waals surface area contributed by atoms with Gasteiger partial charge in [0.25, 0.3) is 0 Å². The van der Waals surface area contributed by atoms with Crippen LogP contribution in [0.1, 0.15) is 18.4 Å². The van der Waals surface area contributed by atoms with E-state index in [2.05, 4.69) is 20.7 Å². The maximum absolute atomic E-state index is 12.3. The van der Waals surface area contributed by atoms with Crippen molar-refractivity contribution in [2.45, 2.75) is 19.8 Å².